The number of rotatable bonds is 5. The van der Waals surface area contributed by atoms with E-state index in [0.717, 1.165) is 37.0 Å². The molecule has 28 heavy (non-hydrogen) atoms. The van der Waals surface area contributed by atoms with E-state index in [2.05, 4.69) is 15.5 Å². The van der Waals surface area contributed by atoms with E-state index in [0.29, 0.717) is 16.5 Å². The Labute approximate surface area is 167 Å². The topological polar surface area (TPSA) is 85.8 Å². The molecule has 0 aliphatic heterocycles. The predicted molar refractivity (Wildman–Crippen MR) is 105 cm³/mol. The summed E-state index contributed by atoms with van der Waals surface area (Å²) in [7, 11) is 0. The van der Waals surface area contributed by atoms with Gasteiger partial charge in [0.25, 0.3) is 0 Å². The standard InChI is InChI=1S/C20H24FN5OS/c21-16-3-1-15(2-4-16)18-24-25-19(26(18)22)28-11-17(27)23-20-8-12-5-13(9-20)7-14(6-12)10-20/h1-4,12-14H,5-11,22H2,(H,23,27). The fourth-order valence-corrected chi connectivity index (χ4v) is 6.55. The zero-order valence-electron chi connectivity index (χ0n) is 15.6. The number of nitrogens with one attached hydrogen (secondary N) is 1. The minimum absolute atomic E-state index is 0.0159. The Bertz CT molecular complexity index is 861. The van der Waals surface area contributed by atoms with Crippen LogP contribution in [0.2, 0.25) is 0 Å². The molecule has 4 aliphatic carbocycles. The average molecular weight is 402 g/mol. The number of hydrogen-bond acceptors (Lipinski definition) is 5. The zero-order valence-corrected chi connectivity index (χ0v) is 16.4. The van der Waals surface area contributed by atoms with E-state index < -0.39 is 0 Å². The van der Waals surface area contributed by atoms with E-state index in [1.807, 2.05) is 0 Å². The van der Waals surface area contributed by atoms with Crippen LogP contribution in [-0.4, -0.2) is 32.1 Å². The SMILES string of the molecule is Nn1c(SCC(=O)NC23CC4CC(CC(C4)C2)C3)nnc1-c1ccc(F)cc1. The minimum Gasteiger partial charge on any atom is -0.350 e. The lowest BCUT2D eigenvalue weighted by Crippen LogP contribution is -2.60. The average Bonchev–Trinajstić information content (AvgIpc) is 3.00. The number of nitrogens with zero attached hydrogens (tertiary/aromatic N) is 3. The van der Waals surface area contributed by atoms with E-state index in [1.165, 1.54) is 47.8 Å². The summed E-state index contributed by atoms with van der Waals surface area (Å²) in [6, 6.07) is 5.93. The fourth-order valence-electron chi connectivity index (χ4n) is 5.90. The van der Waals surface area contributed by atoms with Crippen LogP contribution < -0.4 is 11.2 Å². The molecule has 0 saturated heterocycles. The molecule has 148 valence electrons. The maximum absolute atomic E-state index is 13.1. The van der Waals surface area contributed by atoms with Gasteiger partial charge < -0.3 is 11.2 Å². The number of hydrogen-bond donors (Lipinski definition) is 2. The van der Waals surface area contributed by atoms with Crippen molar-refractivity contribution in [3.63, 3.8) is 0 Å². The smallest absolute Gasteiger partial charge is 0.230 e. The van der Waals surface area contributed by atoms with E-state index >= 15 is 0 Å². The van der Waals surface area contributed by atoms with Crippen molar-refractivity contribution in [3.8, 4) is 11.4 Å². The van der Waals surface area contributed by atoms with Crippen molar-refractivity contribution >= 4 is 17.7 Å². The van der Waals surface area contributed by atoms with E-state index in [-0.39, 0.29) is 23.0 Å². The van der Waals surface area contributed by atoms with Crippen molar-refractivity contribution in [2.45, 2.75) is 49.2 Å². The number of nitrogen functional groups attached to an aromatic ring is 1. The fraction of sp³-hybridized carbons (Fsp3) is 0.550. The molecule has 4 aliphatic rings. The number of halogens is 1. The summed E-state index contributed by atoms with van der Waals surface area (Å²) in [6.45, 7) is 0. The molecule has 1 amide bonds. The summed E-state index contributed by atoms with van der Waals surface area (Å²) in [5.41, 5.74) is 0.698. The second-order valence-electron chi connectivity index (χ2n) is 8.72. The van der Waals surface area contributed by atoms with Crippen molar-refractivity contribution in [2.75, 3.05) is 11.6 Å². The van der Waals surface area contributed by atoms with Crippen LogP contribution in [-0.2, 0) is 4.79 Å². The molecule has 8 heteroatoms. The van der Waals surface area contributed by atoms with Gasteiger partial charge in [0, 0.05) is 11.1 Å². The normalized spacial score (nSPS) is 30.5. The highest BCUT2D eigenvalue weighted by atomic mass is 32.2. The van der Waals surface area contributed by atoms with Crippen molar-refractivity contribution in [3.05, 3.63) is 30.1 Å². The van der Waals surface area contributed by atoms with E-state index in [4.69, 9.17) is 5.84 Å². The van der Waals surface area contributed by atoms with Crippen molar-refractivity contribution < 1.29 is 9.18 Å². The monoisotopic (exact) mass is 401 g/mol. The first kappa shape index (κ1) is 18.0. The van der Waals surface area contributed by atoms with Gasteiger partial charge in [-0.15, -0.1) is 10.2 Å². The summed E-state index contributed by atoms with van der Waals surface area (Å²) in [6.07, 6.45) is 7.47. The number of nitrogens with two attached hydrogens (primary N) is 1. The van der Waals surface area contributed by atoms with Crippen molar-refractivity contribution in [2.24, 2.45) is 17.8 Å². The minimum atomic E-state index is -0.317. The molecule has 2 aromatic rings. The Morgan fingerprint density at radius 3 is 2.36 bits per heavy atom. The van der Waals surface area contributed by atoms with Crippen LogP contribution in [0.5, 0.6) is 0 Å². The molecule has 1 heterocycles. The van der Waals surface area contributed by atoms with Gasteiger partial charge in [-0.25, -0.2) is 9.07 Å². The molecule has 4 fully saturated rings. The van der Waals surface area contributed by atoms with Crippen molar-refractivity contribution in [1.29, 1.82) is 0 Å². The summed E-state index contributed by atoms with van der Waals surface area (Å²) in [5.74, 6) is 8.92. The number of aromatic nitrogens is 3. The van der Waals surface area contributed by atoms with Crippen LogP contribution in [0.15, 0.2) is 29.4 Å². The third-order valence-corrected chi connectivity index (χ3v) is 7.49. The lowest BCUT2D eigenvalue weighted by Gasteiger charge is -2.56. The molecule has 4 saturated carbocycles. The first-order valence-electron chi connectivity index (χ1n) is 9.90. The molecule has 0 radical (unpaired) electrons. The molecule has 0 spiro atoms. The van der Waals surface area contributed by atoms with Gasteiger partial charge in [-0.3, -0.25) is 4.79 Å². The quantitative estimate of drug-likeness (QED) is 0.594. The van der Waals surface area contributed by atoms with Crippen LogP contribution in [0.25, 0.3) is 11.4 Å². The molecular formula is C20H24FN5OS. The van der Waals surface area contributed by atoms with Gasteiger partial charge in [-0.2, -0.15) is 0 Å². The molecular weight excluding hydrogens is 377 g/mol. The molecule has 6 rings (SSSR count). The molecule has 1 aromatic carbocycles. The summed E-state index contributed by atoms with van der Waals surface area (Å²) in [5, 5.41) is 12.0. The number of amides is 1. The molecule has 0 atom stereocenters. The first-order valence-corrected chi connectivity index (χ1v) is 10.9. The zero-order chi connectivity index (χ0) is 19.3. The van der Waals surface area contributed by atoms with Gasteiger partial charge in [0.2, 0.25) is 11.1 Å². The highest BCUT2D eigenvalue weighted by molar-refractivity contribution is 7.99. The summed E-state index contributed by atoms with van der Waals surface area (Å²) < 4.78 is 14.5. The third-order valence-electron chi connectivity index (χ3n) is 6.54. The number of carbonyl (C=O) groups excluding carboxylic acids is 1. The second-order valence-corrected chi connectivity index (χ2v) is 9.66. The van der Waals surface area contributed by atoms with Crippen LogP contribution in [0.3, 0.4) is 0 Å². The largest absolute Gasteiger partial charge is 0.350 e. The van der Waals surface area contributed by atoms with Gasteiger partial charge in [-0.1, -0.05) is 11.8 Å². The number of thioether (sulfide) groups is 1. The van der Waals surface area contributed by atoms with Crippen molar-refractivity contribution in [1.82, 2.24) is 20.2 Å². The van der Waals surface area contributed by atoms with Gasteiger partial charge >= 0.3 is 0 Å². The lowest BCUT2D eigenvalue weighted by atomic mass is 9.53. The summed E-state index contributed by atoms with van der Waals surface area (Å²) >= 11 is 1.28. The number of carbonyl (C=O) groups is 1. The molecule has 4 bridgehead atoms. The molecule has 1 aromatic heterocycles. The lowest BCUT2D eigenvalue weighted by molar-refractivity contribution is -0.124. The van der Waals surface area contributed by atoms with Gasteiger partial charge in [0.05, 0.1) is 5.75 Å². The first-order chi connectivity index (χ1) is 13.5. The van der Waals surface area contributed by atoms with Crippen LogP contribution in [0.4, 0.5) is 4.39 Å². The van der Waals surface area contributed by atoms with Crippen LogP contribution in [0.1, 0.15) is 38.5 Å². The van der Waals surface area contributed by atoms with Gasteiger partial charge in [0.15, 0.2) is 5.82 Å². The Morgan fingerprint density at radius 1 is 1.14 bits per heavy atom. The molecule has 6 nitrogen and oxygen atoms in total. The maximum atomic E-state index is 13.1. The van der Waals surface area contributed by atoms with E-state index in [9.17, 15) is 9.18 Å². The highest BCUT2D eigenvalue weighted by Gasteiger charge is 2.51. The molecule has 3 N–H and O–H groups in total. The third kappa shape index (κ3) is 3.27. The van der Waals surface area contributed by atoms with Crippen LogP contribution in [0, 0.1) is 23.6 Å². The Morgan fingerprint density at radius 2 is 1.75 bits per heavy atom. The Kier molecular flexibility index (Phi) is 4.34. The predicted octanol–water partition coefficient (Wildman–Crippen LogP) is 2.98. The van der Waals surface area contributed by atoms with E-state index in [1.54, 1.807) is 12.1 Å². The maximum Gasteiger partial charge on any atom is 0.230 e. The highest BCUT2D eigenvalue weighted by Crippen LogP contribution is 2.55. The molecule has 0 unspecified atom stereocenters. The Balaban J connectivity index is 1.22. The van der Waals surface area contributed by atoms with Gasteiger partial charge in [0.1, 0.15) is 5.82 Å². The Hall–Kier alpha value is -2.09. The van der Waals surface area contributed by atoms with Crippen LogP contribution >= 0.6 is 11.8 Å². The van der Waals surface area contributed by atoms with Gasteiger partial charge in [-0.05, 0) is 80.5 Å². The number of benzene rings is 1. The second kappa shape index (κ2) is 6.76. The summed E-state index contributed by atoms with van der Waals surface area (Å²) in [4.78, 5) is 12.7.